The van der Waals surface area contributed by atoms with Crippen molar-refractivity contribution in [3.8, 4) is 5.88 Å². The van der Waals surface area contributed by atoms with Gasteiger partial charge in [-0.25, -0.2) is 9.78 Å². The number of alkyl carbamates (subject to hydrolysis) is 1. The molecule has 2 aromatic rings. The Morgan fingerprint density at radius 2 is 2.07 bits per heavy atom. The van der Waals surface area contributed by atoms with E-state index in [1.165, 1.54) is 13.3 Å². The first-order valence-corrected chi connectivity index (χ1v) is 10.4. The second-order valence-electron chi connectivity index (χ2n) is 8.48. The molecule has 1 saturated heterocycles. The number of fused-ring (bicyclic) bond motifs is 1. The summed E-state index contributed by atoms with van der Waals surface area (Å²) in [5, 5.41) is 14.2. The summed E-state index contributed by atoms with van der Waals surface area (Å²) in [6.07, 6.45) is 1.88. The van der Waals surface area contributed by atoms with E-state index < -0.39 is 17.8 Å². The Balaban J connectivity index is 1.62. The lowest BCUT2D eigenvalue weighted by Crippen LogP contribution is -2.46. The van der Waals surface area contributed by atoms with E-state index in [9.17, 15) is 9.90 Å². The number of aromatic nitrogens is 2. The van der Waals surface area contributed by atoms with Gasteiger partial charge in [-0.3, -0.25) is 4.98 Å². The molecule has 0 bridgehead atoms. The average Bonchev–Trinajstić information content (AvgIpc) is 2.67. The van der Waals surface area contributed by atoms with Crippen LogP contribution in [0.1, 0.15) is 45.3 Å². The molecule has 30 heavy (non-hydrogen) atoms. The molecule has 2 aromatic heterocycles. The van der Waals surface area contributed by atoms with Gasteiger partial charge in [0.1, 0.15) is 11.1 Å². The molecule has 1 fully saturated rings. The number of nitrogens with zero attached hydrogens (tertiary/aromatic N) is 3. The van der Waals surface area contributed by atoms with E-state index in [0.717, 1.165) is 25.9 Å². The number of halogens is 1. The number of ether oxygens (including phenoxy) is 2. The molecule has 1 atom stereocenters. The number of likely N-dealkylation sites (tertiary alicyclic amines) is 1. The number of piperidine rings is 1. The normalized spacial score (nSPS) is 17.0. The summed E-state index contributed by atoms with van der Waals surface area (Å²) in [6.45, 7) is 7.43. The van der Waals surface area contributed by atoms with Crippen molar-refractivity contribution in [3.63, 3.8) is 0 Å². The molecule has 1 aliphatic heterocycles. The molecule has 0 saturated carbocycles. The molecule has 0 spiro atoms. The molecular weight excluding hydrogens is 408 g/mol. The van der Waals surface area contributed by atoms with E-state index in [0.29, 0.717) is 34.0 Å². The van der Waals surface area contributed by atoms with Crippen molar-refractivity contribution in [2.24, 2.45) is 0 Å². The van der Waals surface area contributed by atoms with Crippen LogP contribution < -0.4 is 10.1 Å². The van der Waals surface area contributed by atoms with Crippen molar-refractivity contribution >= 4 is 28.7 Å². The second-order valence-corrected chi connectivity index (χ2v) is 8.89. The smallest absolute Gasteiger partial charge is 0.407 e. The molecule has 9 heteroatoms. The number of carbonyl (C=O) groups is 1. The molecule has 164 valence electrons. The highest BCUT2D eigenvalue weighted by Crippen LogP contribution is 2.31. The zero-order valence-electron chi connectivity index (χ0n) is 17.8. The van der Waals surface area contributed by atoms with E-state index in [1.807, 2.05) is 20.8 Å². The van der Waals surface area contributed by atoms with Crippen molar-refractivity contribution in [3.05, 3.63) is 28.9 Å². The Kier molecular flexibility index (Phi) is 7.00. The van der Waals surface area contributed by atoms with Crippen LogP contribution in [-0.2, 0) is 4.74 Å². The summed E-state index contributed by atoms with van der Waals surface area (Å²) in [4.78, 5) is 22.8. The topological polar surface area (TPSA) is 96.8 Å². The maximum atomic E-state index is 12.0. The Morgan fingerprint density at radius 1 is 1.37 bits per heavy atom. The summed E-state index contributed by atoms with van der Waals surface area (Å²) in [6, 6.07) is 3.58. The molecule has 3 heterocycles. The third-order valence-corrected chi connectivity index (χ3v) is 5.26. The number of rotatable bonds is 5. The first kappa shape index (κ1) is 22.5. The van der Waals surface area contributed by atoms with E-state index in [1.54, 1.807) is 12.1 Å². The fourth-order valence-electron chi connectivity index (χ4n) is 3.55. The number of hydrogen-bond acceptors (Lipinski definition) is 7. The summed E-state index contributed by atoms with van der Waals surface area (Å²) in [5.41, 5.74) is 1.22. The standard InChI is InChI=1S/C21H29ClN4O4/c1-21(2,3)30-20(28)24-13-7-9-26(10-8-13)12-16(27)18-14(22)11-23-15-5-6-17(29-4)25-19(15)18/h5-6,11,13,16,27H,7-10,12H2,1-4H3,(H,24,28). The van der Waals surface area contributed by atoms with Crippen LogP contribution in [0.4, 0.5) is 4.79 Å². The number of aliphatic hydroxyl groups is 1. The summed E-state index contributed by atoms with van der Waals surface area (Å²) in [7, 11) is 1.54. The monoisotopic (exact) mass is 436 g/mol. The molecule has 0 aliphatic carbocycles. The minimum absolute atomic E-state index is 0.0597. The van der Waals surface area contributed by atoms with Gasteiger partial charge in [0, 0.05) is 43.5 Å². The number of carbonyl (C=O) groups excluding carboxylic acids is 1. The fraction of sp³-hybridized carbons (Fsp3) is 0.571. The van der Waals surface area contributed by atoms with Crippen LogP contribution in [0.3, 0.4) is 0 Å². The molecule has 1 amide bonds. The van der Waals surface area contributed by atoms with E-state index in [-0.39, 0.29) is 6.04 Å². The van der Waals surface area contributed by atoms with Gasteiger partial charge in [0.05, 0.1) is 23.8 Å². The molecule has 0 aromatic carbocycles. The molecule has 2 N–H and O–H groups in total. The van der Waals surface area contributed by atoms with Crippen molar-refractivity contribution < 1.29 is 19.4 Å². The highest BCUT2D eigenvalue weighted by Gasteiger charge is 2.26. The van der Waals surface area contributed by atoms with Crippen molar-refractivity contribution in [2.75, 3.05) is 26.7 Å². The first-order chi connectivity index (χ1) is 14.2. The van der Waals surface area contributed by atoms with Crippen LogP contribution in [0, 0.1) is 0 Å². The minimum Gasteiger partial charge on any atom is -0.481 e. The molecule has 0 radical (unpaired) electrons. The fourth-order valence-corrected chi connectivity index (χ4v) is 3.81. The van der Waals surface area contributed by atoms with Gasteiger partial charge in [-0.2, -0.15) is 0 Å². The largest absolute Gasteiger partial charge is 0.481 e. The lowest BCUT2D eigenvalue weighted by atomic mass is 10.0. The summed E-state index contributed by atoms with van der Waals surface area (Å²) < 4.78 is 10.5. The summed E-state index contributed by atoms with van der Waals surface area (Å²) in [5.74, 6) is 0.439. The number of aliphatic hydroxyl groups excluding tert-OH is 1. The van der Waals surface area contributed by atoms with E-state index in [4.69, 9.17) is 21.1 Å². The van der Waals surface area contributed by atoms with E-state index in [2.05, 4.69) is 20.2 Å². The predicted octanol–water partition coefficient (Wildman–Crippen LogP) is 3.31. The molecular formula is C21H29ClN4O4. The first-order valence-electron chi connectivity index (χ1n) is 10.1. The predicted molar refractivity (Wildman–Crippen MR) is 115 cm³/mol. The SMILES string of the molecule is COc1ccc2ncc(Cl)c(C(O)CN3CCC(NC(=O)OC(C)(C)C)CC3)c2n1. The van der Waals surface area contributed by atoms with Crippen LogP contribution in [-0.4, -0.2) is 64.5 Å². The highest BCUT2D eigenvalue weighted by atomic mass is 35.5. The van der Waals surface area contributed by atoms with Crippen molar-refractivity contribution in [2.45, 2.75) is 51.4 Å². The van der Waals surface area contributed by atoms with Gasteiger partial charge >= 0.3 is 6.09 Å². The lowest BCUT2D eigenvalue weighted by molar-refractivity contribution is 0.0459. The second kappa shape index (κ2) is 9.32. The van der Waals surface area contributed by atoms with E-state index >= 15 is 0 Å². The maximum absolute atomic E-state index is 12.0. The number of pyridine rings is 2. The van der Waals surface area contributed by atoms with Gasteiger partial charge in [-0.15, -0.1) is 0 Å². The Bertz CT molecular complexity index is 894. The Hall–Kier alpha value is -2.16. The van der Waals surface area contributed by atoms with Crippen molar-refractivity contribution in [1.82, 2.24) is 20.2 Å². The number of β-amino-alcohol motifs (C(OH)–C–C–N with tert-alkyl or cyclic N) is 1. The van der Waals surface area contributed by atoms with Crippen LogP contribution in [0.5, 0.6) is 5.88 Å². The van der Waals surface area contributed by atoms with Gasteiger partial charge in [0.2, 0.25) is 5.88 Å². The van der Waals surface area contributed by atoms with Crippen LogP contribution in [0.2, 0.25) is 5.02 Å². The van der Waals surface area contributed by atoms with Gasteiger partial charge in [0.15, 0.2) is 0 Å². The molecule has 1 unspecified atom stereocenters. The Morgan fingerprint density at radius 3 is 2.70 bits per heavy atom. The quantitative estimate of drug-likeness (QED) is 0.742. The van der Waals surface area contributed by atoms with Gasteiger partial charge in [-0.05, 0) is 39.7 Å². The van der Waals surface area contributed by atoms with Gasteiger partial charge < -0.3 is 24.8 Å². The highest BCUT2D eigenvalue weighted by molar-refractivity contribution is 6.32. The third-order valence-electron chi connectivity index (χ3n) is 4.96. The van der Waals surface area contributed by atoms with Crippen LogP contribution in [0.15, 0.2) is 18.3 Å². The van der Waals surface area contributed by atoms with Crippen molar-refractivity contribution in [1.29, 1.82) is 0 Å². The molecule has 1 aliphatic rings. The number of nitrogens with one attached hydrogen (secondary N) is 1. The van der Waals surface area contributed by atoms with Crippen LogP contribution >= 0.6 is 11.6 Å². The van der Waals surface area contributed by atoms with Gasteiger partial charge in [-0.1, -0.05) is 11.6 Å². The summed E-state index contributed by atoms with van der Waals surface area (Å²) >= 11 is 6.36. The number of methoxy groups -OCH3 is 1. The van der Waals surface area contributed by atoms with Crippen LogP contribution in [0.25, 0.3) is 11.0 Å². The van der Waals surface area contributed by atoms with Gasteiger partial charge in [0.25, 0.3) is 0 Å². The zero-order chi connectivity index (χ0) is 21.9. The maximum Gasteiger partial charge on any atom is 0.407 e. The zero-order valence-corrected chi connectivity index (χ0v) is 18.6. The molecule has 8 nitrogen and oxygen atoms in total. The molecule has 3 rings (SSSR count). The third kappa shape index (κ3) is 5.71. The minimum atomic E-state index is -0.821. The number of hydrogen-bond donors (Lipinski definition) is 2. The lowest BCUT2D eigenvalue weighted by Gasteiger charge is -2.34. The number of amides is 1. The average molecular weight is 437 g/mol. The Labute approximate surface area is 181 Å².